The summed E-state index contributed by atoms with van der Waals surface area (Å²) in [5.74, 6) is 1.06. The molecule has 0 radical (unpaired) electrons. The van der Waals surface area contributed by atoms with Gasteiger partial charge in [-0.15, -0.1) is 0 Å². The van der Waals surface area contributed by atoms with E-state index in [2.05, 4.69) is 47.8 Å². The summed E-state index contributed by atoms with van der Waals surface area (Å²) in [6, 6.07) is 15.8. The van der Waals surface area contributed by atoms with Crippen LogP contribution in [0, 0.1) is 19.8 Å². The summed E-state index contributed by atoms with van der Waals surface area (Å²) in [5.41, 5.74) is 4.26. The first-order valence-electron chi connectivity index (χ1n) is 8.75. The van der Waals surface area contributed by atoms with Crippen LogP contribution in [0.3, 0.4) is 0 Å². The van der Waals surface area contributed by atoms with Gasteiger partial charge in [-0.05, 0) is 43.0 Å². The number of benzene rings is 2. The SMILES string of the molecule is Cc1ccccc1CNC(=O)C(C(C)C)n1c(C)nc2ccccc21. The topological polar surface area (TPSA) is 46.9 Å². The molecule has 1 unspecified atom stereocenters. The van der Waals surface area contributed by atoms with Crippen molar-refractivity contribution in [1.82, 2.24) is 14.9 Å². The van der Waals surface area contributed by atoms with Crippen molar-refractivity contribution in [2.24, 2.45) is 5.92 Å². The summed E-state index contributed by atoms with van der Waals surface area (Å²) in [6.45, 7) is 8.72. The normalized spacial score (nSPS) is 12.5. The Balaban J connectivity index is 1.89. The number of nitrogens with zero attached hydrogens (tertiary/aromatic N) is 2. The first-order chi connectivity index (χ1) is 12.0. The minimum Gasteiger partial charge on any atom is -0.350 e. The zero-order valence-electron chi connectivity index (χ0n) is 15.3. The second-order valence-electron chi connectivity index (χ2n) is 6.85. The van der Waals surface area contributed by atoms with E-state index in [9.17, 15) is 4.79 Å². The zero-order valence-corrected chi connectivity index (χ0v) is 15.3. The molecule has 0 aliphatic carbocycles. The Morgan fingerprint density at radius 1 is 1.08 bits per heavy atom. The molecule has 0 aliphatic heterocycles. The maximum Gasteiger partial charge on any atom is 0.243 e. The summed E-state index contributed by atoms with van der Waals surface area (Å²) in [6.07, 6.45) is 0. The smallest absolute Gasteiger partial charge is 0.243 e. The second-order valence-corrected chi connectivity index (χ2v) is 6.85. The highest BCUT2D eigenvalue weighted by Gasteiger charge is 2.27. The summed E-state index contributed by atoms with van der Waals surface area (Å²) in [5, 5.41) is 3.11. The molecule has 4 nitrogen and oxygen atoms in total. The van der Waals surface area contributed by atoms with Crippen LogP contribution in [0.1, 0.15) is 36.8 Å². The molecule has 1 atom stereocenters. The quantitative estimate of drug-likeness (QED) is 0.761. The molecule has 0 saturated heterocycles. The van der Waals surface area contributed by atoms with Crippen LogP contribution in [-0.4, -0.2) is 15.5 Å². The molecule has 0 aliphatic rings. The molecule has 4 heteroatoms. The predicted octanol–water partition coefficient (Wildman–Crippen LogP) is 4.17. The third kappa shape index (κ3) is 3.43. The van der Waals surface area contributed by atoms with Gasteiger partial charge in [0.25, 0.3) is 0 Å². The van der Waals surface area contributed by atoms with E-state index in [1.807, 2.05) is 43.3 Å². The minimum absolute atomic E-state index is 0.0320. The molecule has 1 aromatic heterocycles. The molecule has 2 aromatic carbocycles. The number of imidazole rings is 1. The molecule has 0 spiro atoms. The summed E-state index contributed by atoms with van der Waals surface area (Å²) >= 11 is 0. The molecular weight excluding hydrogens is 310 g/mol. The molecule has 25 heavy (non-hydrogen) atoms. The lowest BCUT2D eigenvalue weighted by Crippen LogP contribution is -2.35. The Kier molecular flexibility index (Phi) is 4.88. The van der Waals surface area contributed by atoms with Crippen molar-refractivity contribution >= 4 is 16.9 Å². The monoisotopic (exact) mass is 335 g/mol. The molecule has 1 amide bonds. The lowest BCUT2D eigenvalue weighted by atomic mass is 10.0. The van der Waals surface area contributed by atoms with Crippen molar-refractivity contribution in [3.05, 3.63) is 65.5 Å². The van der Waals surface area contributed by atoms with Crippen molar-refractivity contribution in [3.63, 3.8) is 0 Å². The van der Waals surface area contributed by atoms with Gasteiger partial charge in [0, 0.05) is 6.54 Å². The van der Waals surface area contributed by atoms with Gasteiger partial charge < -0.3 is 9.88 Å². The van der Waals surface area contributed by atoms with Crippen LogP contribution in [0.15, 0.2) is 48.5 Å². The highest BCUT2D eigenvalue weighted by molar-refractivity contribution is 5.84. The largest absolute Gasteiger partial charge is 0.350 e. The van der Waals surface area contributed by atoms with Gasteiger partial charge >= 0.3 is 0 Å². The van der Waals surface area contributed by atoms with Gasteiger partial charge in [-0.2, -0.15) is 0 Å². The molecule has 130 valence electrons. The maximum absolute atomic E-state index is 13.0. The number of hydrogen-bond acceptors (Lipinski definition) is 2. The van der Waals surface area contributed by atoms with E-state index in [0.717, 1.165) is 22.4 Å². The fraction of sp³-hybridized carbons (Fsp3) is 0.333. The lowest BCUT2D eigenvalue weighted by molar-refractivity contribution is -0.125. The van der Waals surface area contributed by atoms with Crippen LogP contribution in [0.4, 0.5) is 0 Å². The van der Waals surface area contributed by atoms with E-state index in [1.165, 1.54) is 5.56 Å². The zero-order chi connectivity index (χ0) is 18.0. The van der Waals surface area contributed by atoms with Gasteiger partial charge in [-0.1, -0.05) is 50.2 Å². The number of para-hydroxylation sites is 2. The molecule has 3 aromatic rings. The third-order valence-electron chi connectivity index (χ3n) is 4.66. The number of nitrogens with one attached hydrogen (secondary N) is 1. The van der Waals surface area contributed by atoms with Crippen LogP contribution in [0.5, 0.6) is 0 Å². The number of aryl methyl sites for hydroxylation is 2. The van der Waals surface area contributed by atoms with Crippen molar-refractivity contribution in [1.29, 1.82) is 0 Å². The Bertz CT molecular complexity index is 895. The van der Waals surface area contributed by atoms with Crippen LogP contribution in [0.2, 0.25) is 0 Å². The molecule has 0 bridgehead atoms. The van der Waals surface area contributed by atoms with Crippen LogP contribution >= 0.6 is 0 Å². The van der Waals surface area contributed by atoms with Crippen molar-refractivity contribution < 1.29 is 4.79 Å². The van der Waals surface area contributed by atoms with Gasteiger partial charge in [-0.25, -0.2) is 4.98 Å². The minimum atomic E-state index is -0.281. The van der Waals surface area contributed by atoms with Crippen LogP contribution in [0.25, 0.3) is 11.0 Å². The molecular formula is C21H25N3O. The number of fused-ring (bicyclic) bond motifs is 1. The molecule has 1 N–H and O–H groups in total. The van der Waals surface area contributed by atoms with E-state index >= 15 is 0 Å². The average Bonchev–Trinajstić information content (AvgIpc) is 2.90. The van der Waals surface area contributed by atoms with Gasteiger partial charge in [-0.3, -0.25) is 4.79 Å². The van der Waals surface area contributed by atoms with Gasteiger partial charge in [0.2, 0.25) is 5.91 Å². The maximum atomic E-state index is 13.0. The fourth-order valence-corrected chi connectivity index (χ4v) is 3.33. The van der Waals surface area contributed by atoms with Crippen molar-refractivity contribution in [2.75, 3.05) is 0 Å². The fourth-order valence-electron chi connectivity index (χ4n) is 3.33. The van der Waals surface area contributed by atoms with E-state index in [1.54, 1.807) is 0 Å². The Morgan fingerprint density at radius 3 is 2.48 bits per heavy atom. The average molecular weight is 335 g/mol. The number of carbonyl (C=O) groups excluding carboxylic acids is 1. The standard InChI is InChI=1S/C21H25N3O/c1-14(2)20(21(25)22-13-17-10-6-5-9-15(17)3)24-16(4)23-18-11-7-8-12-19(18)24/h5-12,14,20H,13H2,1-4H3,(H,22,25). The highest BCUT2D eigenvalue weighted by Crippen LogP contribution is 2.26. The van der Waals surface area contributed by atoms with E-state index in [4.69, 9.17) is 0 Å². The van der Waals surface area contributed by atoms with Gasteiger partial charge in [0.05, 0.1) is 11.0 Å². The summed E-state index contributed by atoms with van der Waals surface area (Å²) < 4.78 is 2.06. The predicted molar refractivity (Wildman–Crippen MR) is 101 cm³/mol. The highest BCUT2D eigenvalue weighted by atomic mass is 16.2. The molecule has 0 saturated carbocycles. The first kappa shape index (κ1) is 17.2. The third-order valence-corrected chi connectivity index (χ3v) is 4.66. The number of amides is 1. The Morgan fingerprint density at radius 2 is 1.76 bits per heavy atom. The molecule has 0 fully saturated rings. The van der Waals surface area contributed by atoms with E-state index in [0.29, 0.717) is 6.54 Å². The number of rotatable bonds is 5. The summed E-state index contributed by atoms with van der Waals surface area (Å²) in [7, 11) is 0. The molecule has 3 rings (SSSR count). The number of aromatic nitrogens is 2. The second kappa shape index (κ2) is 7.09. The number of hydrogen-bond donors (Lipinski definition) is 1. The van der Waals surface area contributed by atoms with E-state index < -0.39 is 0 Å². The first-order valence-corrected chi connectivity index (χ1v) is 8.75. The van der Waals surface area contributed by atoms with Crippen molar-refractivity contribution in [2.45, 2.75) is 40.3 Å². The van der Waals surface area contributed by atoms with Crippen LogP contribution < -0.4 is 5.32 Å². The van der Waals surface area contributed by atoms with Crippen LogP contribution in [-0.2, 0) is 11.3 Å². The lowest BCUT2D eigenvalue weighted by Gasteiger charge is -2.24. The summed E-state index contributed by atoms with van der Waals surface area (Å²) in [4.78, 5) is 17.6. The Labute approximate surface area is 148 Å². The van der Waals surface area contributed by atoms with Gasteiger partial charge in [0.1, 0.15) is 11.9 Å². The Hall–Kier alpha value is -2.62. The van der Waals surface area contributed by atoms with E-state index in [-0.39, 0.29) is 17.9 Å². The van der Waals surface area contributed by atoms with Gasteiger partial charge in [0.15, 0.2) is 0 Å². The van der Waals surface area contributed by atoms with Crippen molar-refractivity contribution in [3.8, 4) is 0 Å². The molecule has 1 heterocycles. The number of carbonyl (C=O) groups is 1.